The second-order valence-electron chi connectivity index (χ2n) is 4.72. The minimum atomic E-state index is 0. The Morgan fingerprint density at radius 3 is 2.65 bits per heavy atom. The van der Waals surface area contributed by atoms with E-state index >= 15 is 0 Å². The van der Waals surface area contributed by atoms with E-state index < -0.39 is 0 Å². The number of halogens is 1. The molecule has 0 aliphatic rings. The summed E-state index contributed by atoms with van der Waals surface area (Å²) in [7, 11) is 0. The van der Waals surface area contributed by atoms with Gasteiger partial charge in [-0.05, 0) is 36.9 Å². The van der Waals surface area contributed by atoms with Gasteiger partial charge in [-0.1, -0.05) is 24.3 Å². The molecule has 0 saturated heterocycles. The molecule has 0 spiro atoms. The molecule has 0 aliphatic carbocycles. The van der Waals surface area contributed by atoms with E-state index in [-0.39, 0.29) is 24.0 Å². The van der Waals surface area contributed by atoms with Crippen molar-refractivity contribution in [3.05, 3.63) is 52.7 Å². The van der Waals surface area contributed by atoms with Crippen LogP contribution in [0.4, 0.5) is 0 Å². The zero-order valence-corrected chi connectivity index (χ0v) is 16.5. The van der Waals surface area contributed by atoms with E-state index in [1.54, 1.807) is 11.3 Å². The van der Waals surface area contributed by atoms with Crippen molar-refractivity contribution in [3.63, 3.8) is 0 Å². The lowest BCUT2D eigenvalue weighted by molar-refractivity contribution is 0.311. The van der Waals surface area contributed by atoms with Crippen LogP contribution in [0.3, 0.4) is 0 Å². The number of nitrogens with zero attached hydrogens (tertiary/aromatic N) is 1. The molecule has 1 aromatic heterocycles. The van der Waals surface area contributed by atoms with Gasteiger partial charge in [-0.25, -0.2) is 4.99 Å². The lowest BCUT2D eigenvalue weighted by Crippen LogP contribution is -2.38. The van der Waals surface area contributed by atoms with Crippen molar-refractivity contribution in [1.82, 2.24) is 10.6 Å². The Kier molecular flexibility index (Phi) is 10.5. The minimum absolute atomic E-state index is 0. The van der Waals surface area contributed by atoms with E-state index in [4.69, 9.17) is 4.74 Å². The van der Waals surface area contributed by atoms with E-state index in [1.165, 1.54) is 4.88 Å². The topological polar surface area (TPSA) is 45.7 Å². The third-order valence-corrected chi connectivity index (χ3v) is 3.80. The smallest absolute Gasteiger partial charge is 0.191 e. The first-order chi connectivity index (χ1) is 10.9. The maximum Gasteiger partial charge on any atom is 0.191 e. The third kappa shape index (κ3) is 8.22. The van der Waals surface area contributed by atoms with E-state index in [2.05, 4.69) is 40.1 Å². The van der Waals surface area contributed by atoms with Crippen molar-refractivity contribution in [2.45, 2.75) is 19.9 Å². The molecule has 2 rings (SSSR count). The van der Waals surface area contributed by atoms with Crippen molar-refractivity contribution in [2.75, 3.05) is 19.7 Å². The number of hydrogen-bond donors (Lipinski definition) is 2. The Morgan fingerprint density at radius 1 is 1.13 bits per heavy atom. The summed E-state index contributed by atoms with van der Waals surface area (Å²) >= 11 is 1.73. The Morgan fingerprint density at radius 2 is 1.96 bits per heavy atom. The second kappa shape index (κ2) is 12.2. The monoisotopic (exact) mass is 445 g/mol. The van der Waals surface area contributed by atoms with Crippen molar-refractivity contribution >= 4 is 41.3 Å². The van der Waals surface area contributed by atoms with E-state index in [0.717, 1.165) is 31.2 Å². The Balaban J connectivity index is 0.00000264. The molecule has 0 aliphatic heterocycles. The molecule has 126 valence electrons. The first-order valence-corrected chi connectivity index (χ1v) is 8.49. The van der Waals surface area contributed by atoms with Gasteiger partial charge in [0.1, 0.15) is 5.75 Å². The van der Waals surface area contributed by atoms with Gasteiger partial charge < -0.3 is 15.4 Å². The molecule has 1 aromatic carbocycles. The molecule has 0 radical (unpaired) electrons. The molecule has 4 nitrogen and oxygen atoms in total. The van der Waals surface area contributed by atoms with Gasteiger partial charge in [0.25, 0.3) is 0 Å². The summed E-state index contributed by atoms with van der Waals surface area (Å²) in [5.41, 5.74) is 0. The van der Waals surface area contributed by atoms with Gasteiger partial charge in [-0.15, -0.1) is 35.3 Å². The summed E-state index contributed by atoms with van der Waals surface area (Å²) < 4.78 is 5.67. The van der Waals surface area contributed by atoms with E-state index in [9.17, 15) is 0 Å². The van der Waals surface area contributed by atoms with Gasteiger partial charge in [-0.2, -0.15) is 0 Å². The number of para-hydroxylation sites is 1. The van der Waals surface area contributed by atoms with Gasteiger partial charge in [0.05, 0.1) is 13.2 Å². The highest BCUT2D eigenvalue weighted by Crippen LogP contribution is 2.09. The summed E-state index contributed by atoms with van der Waals surface area (Å²) in [5, 5.41) is 8.66. The van der Waals surface area contributed by atoms with Crippen molar-refractivity contribution in [3.8, 4) is 5.75 Å². The average molecular weight is 445 g/mol. The molecule has 0 saturated carbocycles. The van der Waals surface area contributed by atoms with Crippen LogP contribution >= 0.6 is 35.3 Å². The minimum Gasteiger partial charge on any atom is -0.494 e. The molecule has 1 heterocycles. The predicted molar refractivity (Wildman–Crippen MR) is 109 cm³/mol. The highest BCUT2D eigenvalue weighted by molar-refractivity contribution is 14.0. The van der Waals surface area contributed by atoms with Gasteiger partial charge >= 0.3 is 0 Å². The van der Waals surface area contributed by atoms with E-state index in [0.29, 0.717) is 13.2 Å². The summed E-state index contributed by atoms with van der Waals surface area (Å²) in [6.45, 7) is 5.18. The number of aliphatic imine (C=N–C) groups is 1. The molecule has 2 aromatic rings. The largest absolute Gasteiger partial charge is 0.494 e. The van der Waals surface area contributed by atoms with Crippen molar-refractivity contribution < 1.29 is 4.74 Å². The number of nitrogens with one attached hydrogen (secondary N) is 2. The zero-order valence-electron chi connectivity index (χ0n) is 13.3. The van der Waals surface area contributed by atoms with Crippen LogP contribution in [0.1, 0.15) is 18.2 Å². The fourth-order valence-electron chi connectivity index (χ4n) is 1.89. The van der Waals surface area contributed by atoms with Gasteiger partial charge in [0.15, 0.2) is 5.96 Å². The lowest BCUT2D eigenvalue weighted by Gasteiger charge is -2.11. The number of rotatable bonds is 8. The fourth-order valence-corrected chi connectivity index (χ4v) is 2.52. The Hall–Kier alpha value is -1.28. The zero-order chi connectivity index (χ0) is 15.5. The van der Waals surface area contributed by atoms with Gasteiger partial charge in [0.2, 0.25) is 0 Å². The van der Waals surface area contributed by atoms with Crippen LogP contribution in [0.25, 0.3) is 0 Å². The molecule has 2 N–H and O–H groups in total. The van der Waals surface area contributed by atoms with Crippen LogP contribution < -0.4 is 15.4 Å². The quantitative estimate of drug-likeness (QED) is 0.281. The van der Waals surface area contributed by atoms with Crippen LogP contribution in [0.15, 0.2) is 52.8 Å². The normalized spacial score (nSPS) is 10.7. The third-order valence-electron chi connectivity index (χ3n) is 2.94. The van der Waals surface area contributed by atoms with Crippen LogP contribution in [0, 0.1) is 0 Å². The molecular weight excluding hydrogens is 421 g/mol. The molecule has 0 fully saturated rings. The molecule has 0 bridgehead atoms. The van der Waals surface area contributed by atoms with Crippen molar-refractivity contribution in [1.29, 1.82) is 0 Å². The first-order valence-electron chi connectivity index (χ1n) is 7.61. The summed E-state index contributed by atoms with van der Waals surface area (Å²) in [4.78, 5) is 5.84. The summed E-state index contributed by atoms with van der Waals surface area (Å²) in [5.74, 6) is 1.77. The average Bonchev–Trinajstić information content (AvgIpc) is 3.06. The highest BCUT2D eigenvalue weighted by atomic mass is 127. The van der Waals surface area contributed by atoms with Gasteiger partial charge in [0, 0.05) is 18.0 Å². The van der Waals surface area contributed by atoms with Crippen LogP contribution in [-0.2, 0) is 6.54 Å². The lowest BCUT2D eigenvalue weighted by atomic mass is 10.3. The summed E-state index contributed by atoms with van der Waals surface area (Å²) in [6.07, 6.45) is 0.929. The first kappa shape index (κ1) is 19.8. The maximum atomic E-state index is 5.67. The molecule has 6 heteroatoms. The molecular formula is C17H24IN3OS. The number of benzene rings is 1. The Labute approximate surface area is 159 Å². The predicted octanol–water partition coefficient (Wildman–Crippen LogP) is 3.89. The summed E-state index contributed by atoms with van der Waals surface area (Å²) in [6, 6.07) is 14.0. The fraction of sp³-hybridized carbons (Fsp3) is 0.353. The number of thiophene rings is 1. The van der Waals surface area contributed by atoms with Crippen LogP contribution in [0.2, 0.25) is 0 Å². The van der Waals surface area contributed by atoms with Gasteiger partial charge in [-0.3, -0.25) is 0 Å². The number of hydrogen-bond acceptors (Lipinski definition) is 3. The SMILES string of the molecule is CCNC(=NCc1cccs1)NCCCOc1ccccc1.I. The second-order valence-corrected chi connectivity index (χ2v) is 5.75. The maximum absolute atomic E-state index is 5.67. The molecule has 23 heavy (non-hydrogen) atoms. The number of guanidine groups is 1. The molecule has 0 amide bonds. The standard InChI is InChI=1S/C17H23N3OS.HI/c1-2-18-17(20-14-16-10-6-13-22-16)19-11-7-12-21-15-8-4-3-5-9-15;/h3-6,8-10,13H,2,7,11-12,14H2,1H3,(H2,18,19,20);1H. The number of ether oxygens (including phenoxy) is 1. The van der Waals surface area contributed by atoms with Crippen molar-refractivity contribution in [2.24, 2.45) is 4.99 Å². The molecule has 0 atom stereocenters. The highest BCUT2D eigenvalue weighted by Gasteiger charge is 1.98. The molecule has 0 unspecified atom stereocenters. The van der Waals surface area contributed by atoms with E-state index in [1.807, 2.05) is 30.3 Å². The Bertz CT molecular complexity index is 546. The van der Waals surface area contributed by atoms with Crippen LogP contribution in [0.5, 0.6) is 5.75 Å². The van der Waals surface area contributed by atoms with Crippen LogP contribution in [-0.4, -0.2) is 25.7 Å².